The van der Waals surface area contributed by atoms with Gasteiger partial charge >= 0.3 is 5.97 Å². The summed E-state index contributed by atoms with van der Waals surface area (Å²) >= 11 is 1.28. The molecule has 0 aliphatic carbocycles. The van der Waals surface area contributed by atoms with Crippen LogP contribution >= 0.6 is 11.3 Å². The lowest BCUT2D eigenvalue weighted by Gasteiger charge is -2.00. The third kappa shape index (κ3) is 3.20. The summed E-state index contributed by atoms with van der Waals surface area (Å²) in [7, 11) is 0. The first-order chi connectivity index (χ1) is 8.97. The van der Waals surface area contributed by atoms with Crippen LogP contribution in [0.4, 0.5) is 0 Å². The van der Waals surface area contributed by atoms with Gasteiger partial charge in [0.15, 0.2) is 0 Å². The van der Waals surface area contributed by atoms with Crippen molar-refractivity contribution in [1.82, 2.24) is 4.98 Å². The zero-order valence-corrected chi connectivity index (χ0v) is 12.1. The van der Waals surface area contributed by atoms with Crippen LogP contribution in [0, 0.1) is 6.92 Å². The Hall–Kier alpha value is -1.68. The maximum atomic E-state index is 11.2. The molecule has 4 heteroatoms. The summed E-state index contributed by atoms with van der Waals surface area (Å²) in [6.07, 6.45) is 0.692. The van der Waals surface area contributed by atoms with Gasteiger partial charge in [-0.25, -0.2) is 9.78 Å². The van der Waals surface area contributed by atoms with E-state index in [0.29, 0.717) is 17.0 Å². The van der Waals surface area contributed by atoms with Crippen LogP contribution in [0.3, 0.4) is 0 Å². The first kappa shape index (κ1) is 13.7. The van der Waals surface area contributed by atoms with E-state index in [1.54, 1.807) is 0 Å². The molecule has 0 bridgehead atoms. The first-order valence-corrected chi connectivity index (χ1v) is 7.07. The molecule has 1 heterocycles. The summed E-state index contributed by atoms with van der Waals surface area (Å²) in [6.45, 7) is 5.99. The molecule has 0 saturated carbocycles. The van der Waals surface area contributed by atoms with Crippen molar-refractivity contribution in [3.8, 4) is 0 Å². The second-order valence-corrected chi connectivity index (χ2v) is 6.03. The quantitative estimate of drug-likeness (QED) is 0.921. The smallest absolute Gasteiger partial charge is 0.347 e. The Morgan fingerprint density at radius 1 is 1.32 bits per heavy atom. The third-order valence-electron chi connectivity index (χ3n) is 2.91. The molecule has 0 fully saturated rings. The molecule has 0 atom stereocenters. The minimum absolute atomic E-state index is 0.133. The number of carboxylic acids is 1. The van der Waals surface area contributed by atoms with E-state index in [9.17, 15) is 9.90 Å². The Morgan fingerprint density at radius 2 is 1.95 bits per heavy atom. The highest BCUT2D eigenvalue weighted by atomic mass is 32.1. The van der Waals surface area contributed by atoms with Crippen molar-refractivity contribution in [2.45, 2.75) is 33.1 Å². The summed E-state index contributed by atoms with van der Waals surface area (Å²) in [5, 5.41) is 10.1. The maximum Gasteiger partial charge on any atom is 0.347 e. The van der Waals surface area contributed by atoms with E-state index in [4.69, 9.17) is 0 Å². The lowest BCUT2D eigenvalue weighted by Crippen LogP contribution is -2.00. The van der Waals surface area contributed by atoms with E-state index in [-0.39, 0.29) is 5.92 Å². The molecule has 0 radical (unpaired) electrons. The Bertz CT molecular complexity index is 585. The fourth-order valence-corrected chi connectivity index (χ4v) is 2.97. The Morgan fingerprint density at radius 3 is 2.42 bits per heavy atom. The van der Waals surface area contributed by atoms with Crippen molar-refractivity contribution in [1.29, 1.82) is 0 Å². The highest BCUT2D eigenvalue weighted by Gasteiger charge is 2.19. The first-order valence-electron chi connectivity index (χ1n) is 6.26. The second-order valence-electron chi connectivity index (χ2n) is 4.94. The summed E-state index contributed by atoms with van der Waals surface area (Å²) in [6, 6.07) is 8.24. The van der Waals surface area contributed by atoms with Crippen molar-refractivity contribution in [2.75, 3.05) is 0 Å². The molecule has 1 aromatic heterocycles. The molecule has 19 heavy (non-hydrogen) atoms. The Labute approximate surface area is 116 Å². The second kappa shape index (κ2) is 5.53. The van der Waals surface area contributed by atoms with Gasteiger partial charge in [-0.1, -0.05) is 43.7 Å². The maximum absolute atomic E-state index is 11.2. The summed E-state index contributed by atoms with van der Waals surface area (Å²) < 4.78 is 0. The van der Waals surface area contributed by atoms with Crippen LogP contribution in [0.1, 0.15) is 51.3 Å². The predicted octanol–water partition coefficient (Wildman–Crippen LogP) is 3.86. The predicted molar refractivity (Wildman–Crippen MR) is 77.1 cm³/mol. The van der Waals surface area contributed by atoms with Crippen LogP contribution in [0.25, 0.3) is 0 Å². The molecule has 2 aromatic rings. The van der Waals surface area contributed by atoms with Gasteiger partial charge in [-0.15, -0.1) is 11.3 Å². The van der Waals surface area contributed by atoms with Gasteiger partial charge in [-0.3, -0.25) is 0 Å². The topological polar surface area (TPSA) is 50.2 Å². The van der Waals surface area contributed by atoms with E-state index in [1.807, 2.05) is 20.8 Å². The Balaban J connectivity index is 2.28. The molecule has 0 aliphatic rings. The van der Waals surface area contributed by atoms with E-state index >= 15 is 0 Å². The standard InChI is InChI=1S/C15H17NO2S/c1-9(2)13-14(15(17)18)19-12(16-13)8-11-6-4-10(3)5-7-11/h4-7,9H,8H2,1-3H3,(H,17,18). The molecule has 0 amide bonds. The molecule has 3 nitrogen and oxygen atoms in total. The summed E-state index contributed by atoms with van der Waals surface area (Å²) in [5.74, 6) is -0.745. The number of aryl methyl sites for hydroxylation is 1. The number of carboxylic acid groups (broad SMARTS) is 1. The summed E-state index contributed by atoms with van der Waals surface area (Å²) in [4.78, 5) is 16.1. The number of hydrogen-bond donors (Lipinski definition) is 1. The van der Waals surface area contributed by atoms with E-state index in [0.717, 1.165) is 10.6 Å². The largest absolute Gasteiger partial charge is 0.477 e. The zero-order valence-electron chi connectivity index (χ0n) is 11.3. The van der Waals surface area contributed by atoms with Crippen molar-refractivity contribution >= 4 is 17.3 Å². The Kier molecular flexibility index (Phi) is 4.00. The zero-order chi connectivity index (χ0) is 14.0. The van der Waals surface area contributed by atoms with Crippen LogP contribution in [0.15, 0.2) is 24.3 Å². The molecule has 1 aromatic carbocycles. The van der Waals surface area contributed by atoms with Crippen LogP contribution in [0.2, 0.25) is 0 Å². The number of aromatic carboxylic acids is 1. The molecule has 1 N–H and O–H groups in total. The highest BCUT2D eigenvalue weighted by molar-refractivity contribution is 7.13. The number of nitrogens with zero attached hydrogens (tertiary/aromatic N) is 1. The van der Waals surface area contributed by atoms with Gasteiger partial charge in [-0.05, 0) is 18.4 Å². The molecule has 2 rings (SSSR count). The van der Waals surface area contributed by atoms with Gasteiger partial charge in [0.25, 0.3) is 0 Å². The molecule has 0 aliphatic heterocycles. The minimum Gasteiger partial charge on any atom is -0.477 e. The van der Waals surface area contributed by atoms with Gasteiger partial charge in [-0.2, -0.15) is 0 Å². The van der Waals surface area contributed by atoms with Crippen LogP contribution < -0.4 is 0 Å². The molecule has 0 spiro atoms. The number of thiazole rings is 1. The molecule has 0 unspecified atom stereocenters. The average molecular weight is 275 g/mol. The van der Waals surface area contributed by atoms with E-state index in [2.05, 4.69) is 29.2 Å². The van der Waals surface area contributed by atoms with Crippen molar-refractivity contribution in [2.24, 2.45) is 0 Å². The van der Waals surface area contributed by atoms with Crippen LogP contribution in [-0.2, 0) is 6.42 Å². The highest BCUT2D eigenvalue weighted by Crippen LogP contribution is 2.26. The van der Waals surface area contributed by atoms with Crippen molar-refractivity contribution < 1.29 is 9.90 Å². The number of benzene rings is 1. The summed E-state index contributed by atoms with van der Waals surface area (Å²) in [5.41, 5.74) is 3.07. The van der Waals surface area contributed by atoms with Crippen molar-refractivity contribution in [3.05, 3.63) is 51.0 Å². The van der Waals surface area contributed by atoms with Gasteiger partial charge < -0.3 is 5.11 Å². The number of aromatic nitrogens is 1. The number of rotatable bonds is 4. The van der Waals surface area contributed by atoms with Crippen molar-refractivity contribution in [3.63, 3.8) is 0 Å². The lowest BCUT2D eigenvalue weighted by atomic mass is 10.1. The van der Waals surface area contributed by atoms with Gasteiger partial charge in [0.2, 0.25) is 0 Å². The van der Waals surface area contributed by atoms with Gasteiger partial charge in [0, 0.05) is 6.42 Å². The number of hydrogen-bond acceptors (Lipinski definition) is 3. The third-order valence-corrected chi connectivity index (χ3v) is 3.97. The average Bonchev–Trinajstić information content (AvgIpc) is 2.76. The number of carbonyl (C=O) groups is 1. The van der Waals surface area contributed by atoms with Crippen LogP contribution in [-0.4, -0.2) is 16.1 Å². The van der Waals surface area contributed by atoms with Gasteiger partial charge in [0.1, 0.15) is 4.88 Å². The molecular weight excluding hydrogens is 258 g/mol. The molecular formula is C15H17NO2S. The monoisotopic (exact) mass is 275 g/mol. The minimum atomic E-state index is -0.878. The van der Waals surface area contributed by atoms with E-state index in [1.165, 1.54) is 16.9 Å². The van der Waals surface area contributed by atoms with E-state index < -0.39 is 5.97 Å². The van der Waals surface area contributed by atoms with Gasteiger partial charge in [0.05, 0.1) is 10.7 Å². The SMILES string of the molecule is Cc1ccc(Cc2nc(C(C)C)c(C(=O)O)s2)cc1. The lowest BCUT2D eigenvalue weighted by molar-refractivity contribution is 0.0700. The molecule has 100 valence electrons. The van der Waals surface area contributed by atoms with Crippen LogP contribution in [0.5, 0.6) is 0 Å². The fraction of sp³-hybridized carbons (Fsp3) is 0.333. The fourth-order valence-electron chi connectivity index (χ4n) is 1.88. The normalized spacial score (nSPS) is 10.9. The molecule has 0 saturated heterocycles.